The number of amides is 2. The summed E-state index contributed by atoms with van der Waals surface area (Å²) in [7, 11) is 1.46. The molecule has 0 aromatic heterocycles. The number of carbonyl (C=O) groups excluding carboxylic acids is 2. The zero-order chi connectivity index (χ0) is 17.7. The van der Waals surface area contributed by atoms with E-state index in [9.17, 15) is 14.0 Å². The Morgan fingerprint density at radius 2 is 1.96 bits per heavy atom. The molecule has 0 saturated carbocycles. The molecule has 24 heavy (non-hydrogen) atoms. The van der Waals surface area contributed by atoms with Gasteiger partial charge in [-0.25, -0.2) is 4.39 Å². The molecule has 2 amide bonds. The third-order valence-electron chi connectivity index (χ3n) is 3.26. The molecule has 0 heterocycles. The maximum Gasteiger partial charge on any atom is 0.244 e. The number of hydrogen-bond donors (Lipinski definition) is 1. The highest BCUT2D eigenvalue weighted by Crippen LogP contribution is 2.28. The second-order valence-corrected chi connectivity index (χ2v) is 5.39. The molecule has 0 saturated heterocycles. The Morgan fingerprint density at radius 1 is 1.25 bits per heavy atom. The van der Waals surface area contributed by atoms with Crippen LogP contribution in [0.25, 0.3) is 0 Å². The predicted octanol–water partition coefficient (Wildman–Crippen LogP) is 3.48. The number of hydrogen-bond acceptors (Lipinski definition) is 3. The van der Waals surface area contributed by atoms with Gasteiger partial charge in [-0.2, -0.15) is 0 Å². The van der Waals surface area contributed by atoms with E-state index in [0.29, 0.717) is 16.5 Å². The van der Waals surface area contributed by atoms with Crippen LogP contribution in [-0.4, -0.2) is 25.5 Å². The number of benzene rings is 2. The lowest BCUT2D eigenvalue weighted by Crippen LogP contribution is -2.37. The van der Waals surface area contributed by atoms with Gasteiger partial charge in [0.25, 0.3) is 0 Å². The summed E-state index contributed by atoms with van der Waals surface area (Å²) in [6, 6.07) is 10.5. The minimum Gasteiger partial charge on any atom is -0.495 e. The molecule has 0 atom stereocenters. The fraction of sp³-hybridized carbons (Fsp3) is 0.176. The van der Waals surface area contributed by atoms with Gasteiger partial charge in [-0.3, -0.25) is 9.59 Å². The van der Waals surface area contributed by atoms with E-state index in [1.807, 2.05) is 0 Å². The lowest BCUT2D eigenvalue weighted by Gasteiger charge is -2.21. The summed E-state index contributed by atoms with van der Waals surface area (Å²) in [5, 5.41) is 3.03. The van der Waals surface area contributed by atoms with E-state index >= 15 is 0 Å². The fourth-order valence-electron chi connectivity index (χ4n) is 2.15. The van der Waals surface area contributed by atoms with Crippen LogP contribution >= 0.6 is 11.6 Å². The van der Waals surface area contributed by atoms with Crippen molar-refractivity contribution in [3.05, 3.63) is 53.3 Å². The normalized spacial score (nSPS) is 10.2. The van der Waals surface area contributed by atoms with Gasteiger partial charge in [0.05, 0.1) is 18.5 Å². The van der Waals surface area contributed by atoms with Crippen molar-refractivity contribution in [3.8, 4) is 5.75 Å². The molecule has 126 valence electrons. The first-order chi connectivity index (χ1) is 11.4. The highest BCUT2D eigenvalue weighted by molar-refractivity contribution is 6.31. The summed E-state index contributed by atoms with van der Waals surface area (Å²) in [6.07, 6.45) is 0. The van der Waals surface area contributed by atoms with Crippen LogP contribution < -0.4 is 15.0 Å². The van der Waals surface area contributed by atoms with Crippen LogP contribution in [0.5, 0.6) is 5.75 Å². The topological polar surface area (TPSA) is 58.6 Å². The van der Waals surface area contributed by atoms with Crippen molar-refractivity contribution in [3.63, 3.8) is 0 Å². The fourth-order valence-corrected chi connectivity index (χ4v) is 2.32. The molecular weight excluding hydrogens is 335 g/mol. The van der Waals surface area contributed by atoms with E-state index in [2.05, 4.69) is 5.32 Å². The number of anilines is 2. The summed E-state index contributed by atoms with van der Waals surface area (Å²) in [6.45, 7) is 0.922. The predicted molar refractivity (Wildman–Crippen MR) is 91.1 cm³/mol. The summed E-state index contributed by atoms with van der Waals surface area (Å²) in [4.78, 5) is 25.1. The molecule has 1 N–H and O–H groups in total. The number of ether oxygens (including phenoxy) is 1. The van der Waals surface area contributed by atoms with E-state index in [4.69, 9.17) is 16.3 Å². The molecule has 7 heteroatoms. The lowest BCUT2D eigenvalue weighted by molar-refractivity contribution is -0.120. The highest BCUT2D eigenvalue weighted by atomic mass is 35.5. The van der Waals surface area contributed by atoms with Gasteiger partial charge >= 0.3 is 0 Å². The third-order valence-corrected chi connectivity index (χ3v) is 3.50. The minimum absolute atomic E-state index is 0.0400. The molecule has 0 aliphatic heterocycles. The van der Waals surface area contributed by atoms with Crippen molar-refractivity contribution >= 4 is 34.8 Å². The minimum atomic E-state index is -0.583. The van der Waals surface area contributed by atoms with E-state index in [-0.39, 0.29) is 12.2 Å². The van der Waals surface area contributed by atoms with Crippen molar-refractivity contribution in [1.29, 1.82) is 0 Å². The average Bonchev–Trinajstić information content (AvgIpc) is 2.53. The lowest BCUT2D eigenvalue weighted by atomic mass is 10.2. The van der Waals surface area contributed by atoms with Gasteiger partial charge in [0.15, 0.2) is 0 Å². The largest absolute Gasteiger partial charge is 0.495 e. The van der Waals surface area contributed by atoms with Crippen LogP contribution in [0.3, 0.4) is 0 Å². The first-order valence-corrected chi connectivity index (χ1v) is 7.46. The van der Waals surface area contributed by atoms with Crippen molar-refractivity contribution in [2.45, 2.75) is 6.92 Å². The number of carbonyl (C=O) groups is 2. The zero-order valence-electron chi connectivity index (χ0n) is 13.2. The van der Waals surface area contributed by atoms with Gasteiger partial charge in [-0.15, -0.1) is 0 Å². The van der Waals surface area contributed by atoms with Gasteiger partial charge in [0.1, 0.15) is 18.1 Å². The molecule has 0 spiro atoms. The van der Waals surface area contributed by atoms with Gasteiger partial charge in [0.2, 0.25) is 11.8 Å². The molecule has 0 unspecified atom stereocenters. The third kappa shape index (κ3) is 4.23. The molecule has 0 aliphatic carbocycles. The average molecular weight is 351 g/mol. The van der Waals surface area contributed by atoms with E-state index in [1.54, 1.807) is 18.2 Å². The molecule has 2 aromatic carbocycles. The smallest absolute Gasteiger partial charge is 0.244 e. The summed E-state index contributed by atoms with van der Waals surface area (Å²) < 4.78 is 19.0. The van der Waals surface area contributed by atoms with Crippen molar-refractivity contribution < 1.29 is 18.7 Å². The Labute approximate surface area is 144 Å². The Morgan fingerprint density at radius 3 is 2.58 bits per heavy atom. The number of methoxy groups -OCH3 is 1. The summed E-state index contributed by atoms with van der Waals surface area (Å²) >= 11 is 5.91. The Bertz CT molecular complexity index is 767. The Balaban J connectivity index is 2.19. The maximum atomic E-state index is 13.9. The number of rotatable bonds is 5. The molecule has 2 rings (SSSR count). The number of para-hydroxylation sites is 1. The molecule has 2 aromatic rings. The van der Waals surface area contributed by atoms with Gasteiger partial charge in [-0.1, -0.05) is 23.7 Å². The summed E-state index contributed by atoms with van der Waals surface area (Å²) in [5.74, 6) is -1.11. The molecule has 0 radical (unpaired) electrons. The molecule has 0 bridgehead atoms. The standard InChI is InChI=1S/C17H16ClFN2O3/c1-11(22)21(15-6-4-3-5-13(15)19)10-17(23)20-14-9-12(18)7-8-16(14)24-2/h3-9H,10H2,1-2H3,(H,20,23). The molecule has 5 nitrogen and oxygen atoms in total. The first kappa shape index (κ1) is 17.7. The second kappa shape index (κ2) is 7.79. The second-order valence-electron chi connectivity index (χ2n) is 4.95. The highest BCUT2D eigenvalue weighted by Gasteiger charge is 2.19. The van der Waals surface area contributed by atoms with Crippen LogP contribution in [-0.2, 0) is 9.59 Å². The number of nitrogens with zero attached hydrogens (tertiary/aromatic N) is 1. The van der Waals surface area contributed by atoms with Crippen molar-refractivity contribution in [2.24, 2.45) is 0 Å². The molecule has 0 fully saturated rings. The molecular formula is C17H16ClFN2O3. The molecule has 0 aliphatic rings. The van der Waals surface area contributed by atoms with E-state index in [0.717, 1.165) is 4.90 Å². The zero-order valence-corrected chi connectivity index (χ0v) is 13.9. The Kier molecular flexibility index (Phi) is 5.76. The number of halogens is 2. The van der Waals surface area contributed by atoms with E-state index < -0.39 is 17.6 Å². The van der Waals surface area contributed by atoms with Crippen molar-refractivity contribution in [1.82, 2.24) is 0 Å². The first-order valence-electron chi connectivity index (χ1n) is 7.08. The maximum absolute atomic E-state index is 13.9. The van der Waals surface area contributed by atoms with Gasteiger partial charge < -0.3 is 15.0 Å². The quantitative estimate of drug-likeness (QED) is 0.898. The van der Waals surface area contributed by atoms with Crippen LogP contribution in [0.2, 0.25) is 5.02 Å². The van der Waals surface area contributed by atoms with Gasteiger partial charge in [0, 0.05) is 11.9 Å². The van der Waals surface area contributed by atoms with Crippen LogP contribution in [0.4, 0.5) is 15.8 Å². The van der Waals surface area contributed by atoms with Crippen molar-refractivity contribution in [2.75, 3.05) is 23.9 Å². The van der Waals surface area contributed by atoms with Crippen LogP contribution in [0.1, 0.15) is 6.92 Å². The Hall–Kier alpha value is -2.60. The number of nitrogens with one attached hydrogen (secondary N) is 1. The SMILES string of the molecule is COc1ccc(Cl)cc1NC(=O)CN(C(C)=O)c1ccccc1F. The monoisotopic (exact) mass is 350 g/mol. The van der Waals surface area contributed by atoms with Gasteiger partial charge in [-0.05, 0) is 30.3 Å². The van der Waals surface area contributed by atoms with Crippen LogP contribution in [0.15, 0.2) is 42.5 Å². The summed E-state index contributed by atoms with van der Waals surface area (Å²) in [5.41, 5.74) is 0.408. The van der Waals surface area contributed by atoms with Crippen LogP contribution in [0, 0.1) is 5.82 Å². The van der Waals surface area contributed by atoms with E-state index in [1.165, 1.54) is 38.3 Å².